The zero-order valence-electron chi connectivity index (χ0n) is 21.1. The van der Waals surface area contributed by atoms with Gasteiger partial charge < -0.3 is 31.2 Å². The summed E-state index contributed by atoms with van der Waals surface area (Å²) in [6.07, 6.45) is 6.30. The van der Waals surface area contributed by atoms with E-state index in [0.29, 0.717) is 41.6 Å². The Bertz CT molecular complexity index is 987. The Hall–Kier alpha value is -2.87. The van der Waals surface area contributed by atoms with E-state index in [0.717, 1.165) is 31.2 Å². The van der Waals surface area contributed by atoms with Crippen molar-refractivity contribution >= 4 is 29.6 Å². The Morgan fingerprint density at radius 3 is 2.11 bits per heavy atom. The molecule has 8 heteroatoms. The van der Waals surface area contributed by atoms with Gasteiger partial charge in [-0.2, -0.15) is 0 Å². The minimum atomic E-state index is -0.936. The number of benzene rings is 1. The maximum Gasteiger partial charge on any atom is 0.408 e. The minimum Gasteiger partial charge on any atom is -0.444 e. The molecule has 0 aromatic heterocycles. The number of alkyl carbamates (subject to hydrolysis) is 1. The van der Waals surface area contributed by atoms with Gasteiger partial charge in [0.2, 0.25) is 5.91 Å². The topological polar surface area (TPSA) is 124 Å². The number of aliphatic hydroxyl groups is 1. The molecule has 3 aliphatic carbocycles. The lowest BCUT2D eigenvalue weighted by Crippen LogP contribution is -2.51. The van der Waals surface area contributed by atoms with Crippen LogP contribution in [0.4, 0.5) is 10.5 Å². The lowest BCUT2D eigenvalue weighted by molar-refractivity contribution is -0.120. The van der Waals surface area contributed by atoms with Crippen molar-refractivity contribution in [2.75, 3.05) is 12.4 Å². The van der Waals surface area contributed by atoms with Crippen LogP contribution in [0.1, 0.15) is 64.9 Å². The van der Waals surface area contributed by atoms with Crippen molar-refractivity contribution in [3.63, 3.8) is 0 Å². The molecule has 1 aromatic carbocycles. The third kappa shape index (κ3) is 6.23. The summed E-state index contributed by atoms with van der Waals surface area (Å²) in [5, 5.41) is 27.3. The van der Waals surface area contributed by atoms with Crippen LogP contribution in [0.2, 0.25) is 0 Å². The fourth-order valence-corrected chi connectivity index (χ4v) is 4.86. The predicted molar refractivity (Wildman–Crippen MR) is 136 cm³/mol. The van der Waals surface area contributed by atoms with Crippen molar-refractivity contribution in [1.82, 2.24) is 10.6 Å². The van der Waals surface area contributed by atoms with E-state index in [1.54, 1.807) is 19.2 Å². The number of amides is 2. The highest BCUT2D eigenvalue weighted by atomic mass is 16.6. The quantitative estimate of drug-likeness (QED) is 0.322. The van der Waals surface area contributed by atoms with Gasteiger partial charge in [0.1, 0.15) is 11.6 Å². The zero-order chi connectivity index (χ0) is 25.4. The average Bonchev–Trinajstić information content (AvgIpc) is 3.63. The number of carbonyl (C=O) groups excluding carboxylic acids is 2. The third-order valence-electron chi connectivity index (χ3n) is 7.00. The van der Waals surface area contributed by atoms with Gasteiger partial charge in [-0.1, -0.05) is 12.1 Å². The van der Waals surface area contributed by atoms with Gasteiger partial charge in [-0.05, 0) is 94.7 Å². The number of ether oxygens (including phenoxy) is 1. The molecule has 35 heavy (non-hydrogen) atoms. The first-order valence-corrected chi connectivity index (χ1v) is 12.6. The summed E-state index contributed by atoms with van der Waals surface area (Å²) in [5.74, 6) is 0.817. The number of anilines is 1. The summed E-state index contributed by atoms with van der Waals surface area (Å²) in [6, 6.07) is 6.66. The van der Waals surface area contributed by atoms with Crippen molar-refractivity contribution < 1.29 is 19.4 Å². The van der Waals surface area contributed by atoms with E-state index < -0.39 is 23.3 Å². The molecular weight excluding hydrogens is 444 g/mol. The molecule has 3 saturated carbocycles. The molecule has 0 radical (unpaired) electrons. The molecule has 8 nitrogen and oxygen atoms in total. The Morgan fingerprint density at radius 1 is 1.11 bits per heavy atom. The molecule has 0 aliphatic heterocycles. The summed E-state index contributed by atoms with van der Waals surface area (Å²) >= 11 is 0. The van der Waals surface area contributed by atoms with Gasteiger partial charge in [0.15, 0.2) is 0 Å². The second-order valence-electron chi connectivity index (χ2n) is 11.2. The Balaban J connectivity index is 1.51. The molecule has 3 aliphatic rings. The van der Waals surface area contributed by atoms with Gasteiger partial charge in [0.25, 0.3) is 0 Å². The van der Waals surface area contributed by atoms with E-state index in [9.17, 15) is 14.7 Å². The van der Waals surface area contributed by atoms with Crippen molar-refractivity contribution in [3.05, 3.63) is 35.4 Å². The molecule has 0 spiro atoms. The smallest absolute Gasteiger partial charge is 0.408 e. The van der Waals surface area contributed by atoms with Crippen molar-refractivity contribution in [2.24, 2.45) is 17.8 Å². The van der Waals surface area contributed by atoms with E-state index in [1.807, 2.05) is 32.9 Å². The average molecular weight is 483 g/mol. The van der Waals surface area contributed by atoms with Crippen molar-refractivity contribution in [2.45, 2.75) is 76.5 Å². The maximum absolute atomic E-state index is 13.4. The monoisotopic (exact) mass is 482 g/mol. The van der Waals surface area contributed by atoms with Crippen LogP contribution in [0, 0.1) is 23.2 Å². The van der Waals surface area contributed by atoms with E-state index in [1.165, 1.54) is 6.21 Å². The first-order chi connectivity index (χ1) is 16.5. The van der Waals surface area contributed by atoms with E-state index in [2.05, 4.69) is 16.0 Å². The fraction of sp³-hybridized carbons (Fsp3) is 0.593. The summed E-state index contributed by atoms with van der Waals surface area (Å²) < 4.78 is 5.46. The number of carbonyl (C=O) groups is 2. The Morgan fingerprint density at radius 2 is 1.69 bits per heavy atom. The van der Waals surface area contributed by atoms with Crippen LogP contribution < -0.4 is 16.0 Å². The van der Waals surface area contributed by atoms with Gasteiger partial charge in [0, 0.05) is 30.2 Å². The normalized spacial score (nSPS) is 20.4. The molecule has 2 amide bonds. The number of hydrogen-bond donors (Lipinski definition) is 5. The largest absolute Gasteiger partial charge is 0.444 e. The molecule has 0 heterocycles. The lowest BCUT2D eigenvalue weighted by atomic mass is 9.88. The highest BCUT2D eigenvalue weighted by Crippen LogP contribution is 2.51. The zero-order valence-corrected chi connectivity index (χ0v) is 21.1. The lowest BCUT2D eigenvalue weighted by Gasteiger charge is -2.29. The third-order valence-corrected chi connectivity index (χ3v) is 7.00. The van der Waals surface area contributed by atoms with E-state index >= 15 is 0 Å². The van der Waals surface area contributed by atoms with Crippen LogP contribution in [0.3, 0.4) is 0 Å². The molecule has 1 atom stereocenters. The minimum absolute atomic E-state index is 0.120. The predicted octanol–water partition coefficient (Wildman–Crippen LogP) is 4.06. The van der Waals surface area contributed by atoms with Gasteiger partial charge in [-0.15, -0.1) is 0 Å². The molecule has 4 rings (SSSR count). The molecule has 0 bridgehead atoms. The van der Waals surface area contributed by atoms with E-state index in [-0.39, 0.29) is 11.8 Å². The first kappa shape index (κ1) is 25.2. The van der Waals surface area contributed by atoms with Gasteiger partial charge >= 0.3 is 6.09 Å². The molecule has 190 valence electrons. The molecule has 3 fully saturated rings. The van der Waals surface area contributed by atoms with Crippen molar-refractivity contribution in [3.8, 4) is 0 Å². The Kier molecular flexibility index (Phi) is 6.95. The van der Waals surface area contributed by atoms with Crippen LogP contribution in [-0.4, -0.2) is 47.6 Å². The van der Waals surface area contributed by atoms with Crippen LogP contribution in [0.5, 0.6) is 0 Å². The van der Waals surface area contributed by atoms with Crippen molar-refractivity contribution in [1.29, 1.82) is 5.41 Å². The molecule has 1 aromatic rings. The summed E-state index contributed by atoms with van der Waals surface area (Å²) in [7, 11) is 1.77. The second-order valence-corrected chi connectivity index (χ2v) is 11.2. The molecule has 0 saturated heterocycles. The van der Waals surface area contributed by atoms with Gasteiger partial charge in [0.05, 0.1) is 5.60 Å². The summed E-state index contributed by atoms with van der Waals surface area (Å²) in [6.45, 7) is 5.42. The number of rotatable bonds is 10. The summed E-state index contributed by atoms with van der Waals surface area (Å²) in [4.78, 5) is 26.0. The highest BCUT2D eigenvalue weighted by Gasteiger charge is 2.48. The maximum atomic E-state index is 13.4. The summed E-state index contributed by atoms with van der Waals surface area (Å²) in [5.41, 5.74) is 1.13. The van der Waals surface area contributed by atoms with Crippen LogP contribution >= 0.6 is 0 Å². The molecule has 0 unspecified atom stereocenters. The van der Waals surface area contributed by atoms with Crippen LogP contribution in [0.25, 0.3) is 5.70 Å². The molecular formula is C27H38N4O4. The van der Waals surface area contributed by atoms with Gasteiger partial charge in [-0.3, -0.25) is 4.79 Å². The van der Waals surface area contributed by atoms with Gasteiger partial charge in [-0.25, -0.2) is 4.79 Å². The Labute approximate surface area is 207 Å². The van der Waals surface area contributed by atoms with E-state index in [4.69, 9.17) is 10.1 Å². The standard InChI is InChI=1S/C27H38N4O4/c1-26(2,3)35-25(33)31-23(21(16-5-6-16)17-7-8-17)24(32)30-19-11-9-18(10-12-19)22(29-4)20(15-28)27(34)13-14-27/h9-12,15-17,21,23,28-29,34H,5-8,13-14H2,1-4H3,(H,30,32)(H,31,33)/b22-20+,28-15?/t23-/m0/s1. The number of nitrogens with one attached hydrogen (secondary N) is 4. The fourth-order valence-electron chi connectivity index (χ4n) is 4.86. The number of hydrogen-bond acceptors (Lipinski definition) is 6. The molecule has 5 N–H and O–H groups in total. The van der Waals surface area contributed by atoms with Crippen LogP contribution in [0.15, 0.2) is 29.8 Å². The first-order valence-electron chi connectivity index (χ1n) is 12.6. The highest BCUT2D eigenvalue weighted by molar-refractivity contribution is 5.97. The van der Waals surface area contributed by atoms with Crippen LogP contribution in [-0.2, 0) is 9.53 Å². The second kappa shape index (κ2) is 9.64. The SMILES string of the molecule is CN/C(=C(\C=N)C1(O)CC1)c1ccc(NC(=O)[C@@H](NC(=O)OC(C)(C)C)C(C2CC2)C2CC2)cc1.